The molecule has 0 aliphatic heterocycles. The molecule has 4 rings (SSSR count). The summed E-state index contributed by atoms with van der Waals surface area (Å²) in [5, 5.41) is 10.1. The van der Waals surface area contributed by atoms with Crippen molar-refractivity contribution in [3.05, 3.63) is 95.7 Å². The number of primary amides is 1. The number of pyridine rings is 2. The van der Waals surface area contributed by atoms with Gasteiger partial charge in [0.05, 0.1) is 17.3 Å². The largest absolute Gasteiger partial charge is 0.369 e. The lowest BCUT2D eigenvalue weighted by atomic mass is 9.91. The van der Waals surface area contributed by atoms with Crippen molar-refractivity contribution in [2.45, 2.75) is 12.3 Å². The van der Waals surface area contributed by atoms with Crippen LogP contribution in [0.2, 0.25) is 0 Å². The maximum absolute atomic E-state index is 13.5. The monoisotopic (exact) mass is 416 g/mol. The van der Waals surface area contributed by atoms with Gasteiger partial charge in [-0.1, -0.05) is 24.3 Å². The summed E-state index contributed by atoms with van der Waals surface area (Å²) in [6.45, 7) is 0.494. The molecule has 1 atom stereocenters. The molecule has 31 heavy (non-hydrogen) atoms. The van der Waals surface area contributed by atoms with Crippen molar-refractivity contribution in [2.75, 3.05) is 11.9 Å². The molecule has 4 aromatic rings. The number of carbonyl (C=O) groups is 1. The van der Waals surface area contributed by atoms with Crippen molar-refractivity contribution in [3.8, 4) is 11.4 Å². The molecule has 7 nitrogen and oxygen atoms in total. The van der Waals surface area contributed by atoms with Gasteiger partial charge in [-0.25, -0.2) is 9.37 Å². The first-order valence-electron chi connectivity index (χ1n) is 9.80. The van der Waals surface area contributed by atoms with E-state index in [9.17, 15) is 9.18 Å². The van der Waals surface area contributed by atoms with Gasteiger partial charge < -0.3 is 11.1 Å². The smallest absolute Gasteiger partial charge is 0.229 e. The molecule has 1 aromatic carbocycles. The highest BCUT2D eigenvalue weighted by molar-refractivity contribution is 5.87. The molecule has 0 spiro atoms. The molecule has 0 radical (unpaired) electrons. The molecule has 8 heteroatoms. The average molecular weight is 416 g/mol. The number of benzene rings is 1. The van der Waals surface area contributed by atoms with Gasteiger partial charge >= 0.3 is 0 Å². The molecule has 0 fully saturated rings. The number of hydrogen-bond donors (Lipinski definition) is 3. The van der Waals surface area contributed by atoms with Crippen molar-refractivity contribution >= 4 is 11.7 Å². The molecule has 3 heterocycles. The fourth-order valence-electron chi connectivity index (χ4n) is 3.45. The Morgan fingerprint density at radius 2 is 2.03 bits per heavy atom. The zero-order valence-electron chi connectivity index (χ0n) is 16.6. The lowest BCUT2D eigenvalue weighted by Gasteiger charge is -2.19. The summed E-state index contributed by atoms with van der Waals surface area (Å²) < 4.78 is 13.5. The van der Waals surface area contributed by atoms with Crippen molar-refractivity contribution in [1.29, 1.82) is 0 Å². The van der Waals surface area contributed by atoms with E-state index in [1.165, 1.54) is 12.1 Å². The summed E-state index contributed by atoms with van der Waals surface area (Å²) >= 11 is 0. The second-order valence-electron chi connectivity index (χ2n) is 7.03. The number of carbonyl (C=O) groups excluding carboxylic acids is 1. The first kappa shape index (κ1) is 20.2. The molecule has 4 N–H and O–H groups in total. The standard InChI is InChI=1S/C23H21FN6O/c24-17-5-1-3-15(13-17)8-11-27-23-18(6-7-19(29-23)20-9-12-28-30-20)21(22(25)31)16-4-2-10-26-14-16/h1-7,9-10,12-14,21H,8,11H2,(H2,25,31)(H,27,29)(H,28,30). The Balaban J connectivity index is 1.67. The summed E-state index contributed by atoms with van der Waals surface area (Å²) in [5.74, 6) is -0.968. The third kappa shape index (κ3) is 4.75. The number of aromatic amines is 1. The summed E-state index contributed by atoms with van der Waals surface area (Å²) in [6, 6.07) is 15.5. The Morgan fingerprint density at radius 1 is 1.13 bits per heavy atom. The van der Waals surface area contributed by atoms with Gasteiger partial charge in [-0.3, -0.25) is 14.9 Å². The number of rotatable bonds is 8. The zero-order chi connectivity index (χ0) is 21.6. The lowest BCUT2D eigenvalue weighted by Crippen LogP contribution is -2.24. The van der Waals surface area contributed by atoms with Gasteiger partial charge in [-0.05, 0) is 47.9 Å². The maximum atomic E-state index is 13.5. The Morgan fingerprint density at radius 3 is 2.74 bits per heavy atom. The van der Waals surface area contributed by atoms with Gasteiger partial charge in [0.15, 0.2) is 0 Å². The van der Waals surface area contributed by atoms with Crippen molar-refractivity contribution < 1.29 is 9.18 Å². The fourth-order valence-corrected chi connectivity index (χ4v) is 3.45. The van der Waals surface area contributed by atoms with Crippen LogP contribution in [0, 0.1) is 5.82 Å². The van der Waals surface area contributed by atoms with Crippen LogP contribution < -0.4 is 11.1 Å². The number of aromatic nitrogens is 4. The van der Waals surface area contributed by atoms with Crippen molar-refractivity contribution in [1.82, 2.24) is 20.2 Å². The van der Waals surface area contributed by atoms with E-state index in [2.05, 4.69) is 20.5 Å². The number of nitrogens with one attached hydrogen (secondary N) is 2. The third-order valence-electron chi connectivity index (χ3n) is 4.91. The van der Waals surface area contributed by atoms with Crippen LogP contribution in [0.15, 0.2) is 73.2 Å². The predicted molar refractivity (Wildman–Crippen MR) is 116 cm³/mol. The van der Waals surface area contributed by atoms with E-state index in [0.29, 0.717) is 35.6 Å². The molecule has 0 saturated carbocycles. The molecular formula is C23H21FN6O. The molecule has 0 saturated heterocycles. The Labute approximate surface area is 178 Å². The van der Waals surface area contributed by atoms with E-state index in [0.717, 1.165) is 11.3 Å². The topological polar surface area (TPSA) is 110 Å². The summed E-state index contributed by atoms with van der Waals surface area (Å²) in [5.41, 5.74) is 9.36. The molecule has 0 aliphatic carbocycles. The van der Waals surface area contributed by atoms with Crippen molar-refractivity contribution in [3.63, 3.8) is 0 Å². The SMILES string of the molecule is NC(=O)C(c1cccnc1)c1ccc(-c2ccn[nH]2)nc1NCCc1cccc(F)c1. The Bertz CT molecular complexity index is 1160. The Kier molecular flexibility index (Phi) is 5.98. The minimum absolute atomic E-state index is 0.275. The first-order chi connectivity index (χ1) is 15.1. The van der Waals surface area contributed by atoms with Crippen LogP contribution >= 0.6 is 0 Å². The predicted octanol–water partition coefficient (Wildman–Crippen LogP) is 3.28. The van der Waals surface area contributed by atoms with Crippen LogP contribution in [0.3, 0.4) is 0 Å². The van der Waals surface area contributed by atoms with Crippen LogP contribution in [0.1, 0.15) is 22.6 Å². The Hall–Kier alpha value is -4.07. The van der Waals surface area contributed by atoms with Crippen LogP contribution in [-0.2, 0) is 11.2 Å². The molecule has 0 aliphatic rings. The van der Waals surface area contributed by atoms with Gasteiger partial charge in [-0.15, -0.1) is 0 Å². The lowest BCUT2D eigenvalue weighted by molar-refractivity contribution is -0.118. The van der Waals surface area contributed by atoms with Crippen LogP contribution in [0.4, 0.5) is 10.2 Å². The zero-order valence-corrected chi connectivity index (χ0v) is 16.6. The maximum Gasteiger partial charge on any atom is 0.229 e. The number of nitrogens with two attached hydrogens (primary N) is 1. The van der Waals surface area contributed by atoms with Gasteiger partial charge in [0, 0.05) is 30.7 Å². The number of halogens is 1. The average Bonchev–Trinajstić information content (AvgIpc) is 3.30. The number of H-pyrrole nitrogens is 1. The third-order valence-corrected chi connectivity index (χ3v) is 4.91. The second kappa shape index (κ2) is 9.17. The molecule has 1 unspecified atom stereocenters. The highest BCUT2D eigenvalue weighted by atomic mass is 19.1. The van der Waals surface area contributed by atoms with E-state index in [1.54, 1.807) is 30.7 Å². The van der Waals surface area contributed by atoms with E-state index in [4.69, 9.17) is 10.7 Å². The number of hydrogen-bond acceptors (Lipinski definition) is 5. The van der Waals surface area contributed by atoms with E-state index in [1.807, 2.05) is 30.3 Å². The number of anilines is 1. The molecule has 0 bridgehead atoms. The summed E-state index contributed by atoms with van der Waals surface area (Å²) in [6.07, 6.45) is 5.49. The second-order valence-corrected chi connectivity index (χ2v) is 7.03. The molecular weight excluding hydrogens is 395 g/mol. The van der Waals surface area contributed by atoms with E-state index < -0.39 is 11.8 Å². The molecule has 1 amide bonds. The van der Waals surface area contributed by atoms with E-state index in [-0.39, 0.29) is 5.82 Å². The van der Waals surface area contributed by atoms with Crippen LogP contribution in [0.5, 0.6) is 0 Å². The highest BCUT2D eigenvalue weighted by Gasteiger charge is 2.24. The molecule has 3 aromatic heterocycles. The van der Waals surface area contributed by atoms with E-state index >= 15 is 0 Å². The molecule has 156 valence electrons. The highest BCUT2D eigenvalue weighted by Crippen LogP contribution is 2.31. The van der Waals surface area contributed by atoms with Gasteiger partial charge in [-0.2, -0.15) is 5.10 Å². The minimum Gasteiger partial charge on any atom is -0.369 e. The van der Waals surface area contributed by atoms with Gasteiger partial charge in [0.25, 0.3) is 0 Å². The fraction of sp³-hybridized carbons (Fsp3) is 0.130. The summed E-state index contributed by atoms with van der Waals surface area (Å²) in [7, 11) is 0. The van der Waals surface area contributed by atoms with Crippen LogP contribution in [0.25, 0.3) is 11.4 Å². The number of nitrogens with zero attached hydrogens (tertiary/aromatic N) is 3. The normalized spacial score (nSPS) is 11.8. The van der Waals surface area contributed by atoms with Gasteiger partial charge in [0.2, 0.25) is 5.91 Å². The first-order valence-corrected chi connectivity index (χ1v) is 9.80. The quantitative estimate of drug-likeness (QED) is 0.408. The van der Waals surface area contributed by atoms with Crippen molar-refractivity contribution in [2.24, 2.45) is 5.73 Å². The van der Waals surface area contributed by atoms with Crippen LogP contribution in [-0.4, -0.2) is 32.6 Å². The summed E-state index contributed by atoms with van der Waals surface area (Å²) in [4.78, 5) is 21.2. The number of amides is 1. The minimum atomic E-state index is -0.714. The van der Waals surface area contributed by atoms with Gasteiger partial charge in [0.1, 0.15) is 11.6 Å².